The standard InChI is InChI=1S/C14H19ClN2OS/c1-4-18-12-7-5-6-11-14(12)16-13(8-15)17(11)9-10(2)19-3/h5-7,10H,4,8-9H2,1-3H3. The largest absolute Gasteiger partial charge is 0.492 e. The highest BCUT2D eigenvalue weighted by Crippen LogP contribution is 2.27. The molecule has 1 unspecified atom stereocenters. The van der Waals surface area contributed by atoms with Gasteiger partial charge < -0.3 is 9.30 Å². The molecule has 0 spiro atoms. The molecule has 1 aromatic heterocycles. The number of fused-ring (bicyclic) bond motifs is 1. The number of alkyl halides is 1. The monoisotopic (exact) mass is 298 g/mol. The third-order valence-corrected chi connectivity index (χ3v) is 4.28. The van der Waals surface area contributed by atoms with Crippen LogP contribution in [0, 0.1) is 0 Å². The van der Waals surface area contributed by atoms with Crippen molar-refractivity contribution in [2.45, 2.75) is 31.5 Å². The first-order valence-electron chi connectivity index (χ1n) is 6.40. The lowest BCUT2D eigenvalue weighted by atomic mass is 10.3. The van der Waals surface area contributed by atoms with Crippen molar-refractivity contribution in [2.24, 2.45) is 0 Å². The maximum atomic E-state index is 6.03. The summed E-state index contributed by atoms with van der Waals surface area (Å²) in [5.41, 5.74) is 2.01. The summed E-state index contributed by atoms with van der Waals surface area (Å²) >= 11 is 7.87. The molecule has 5 heteroatoms. The van der Waals surface area contributed by atoms with E-state index in [1.54, 1.807) is 0 Å². The lowest BCUT2D eigenvalue weighted by molar-refractivity contribution is 0.343. The molecule has 1 aromatic carbocycles. The number of thioether (sulfide) groups is 1. The Balaban J connectivity index is 2.52. The van der Waals surface area contributed by atoms with Crippen LogP contribution in [0.1, 0.15) is 19.7 Å². The smallest absolute Gasteiger partial charge is 0.147 e. The third kappa shape index (κ3) is 3.00. The van der Waals surface area contributed by atoms with Gasteiger partial charge in [-0.05, 0) is 25.3 Å². The Hall–Kier alpha value is -0.870. The highest BCUT2D eigenvalue weighted by atomic mass is 35.5. The normalized spacial score (nSPS) is 12.8. The van der Waals surface area contributed by atoms with Crippen molar-refractivity contribution in [3.8, 4) is 5.75 Å². The Morgan fingerprint density at radius 3 is 2.89 bits per heavy atom. The van der Waals surface area contributed by atoms with Crippen LogP contribution in [-0.2, 0) is 12.4 Å². The van der Waals surface area contributed by atoms with Gasteiger partial charge in [0.2, 0.25) is 0 Å². The van der Waals surface area contributed by atoms with E-state index in [1.165, 1.54) is 0 Å². The van der Waals surface area contributed by atoms with E-state index in [2.05, 4.69) is 28.8 Å². The van der Waals surface area contributed by atoms with Gasteiger partial charge in [-0.25, -0.2) is 4.98 Å². The highest BCUT2D eigenvalue weighted by Gasteiger charge is 2.15. The Labute approximate surface area is 123 Å². The van der Waals surface area contributed by atoms with Gasteiger partial charge in [0.05, 0.1) is 18.0 Å². The van der Waals surface area contributed by atoms with E-state index < -0.39 is 0 Å². The van der Waals surface area contributed by atoms with E-state index in [9.17, 15) is 0 Å². The Morgan fingerprint density at radius 1 is 1.47 bits per heavy atom. The SMILES string of the molecule is CCOc1cccc2c1nc(CCl)n2CC(C)SC. The van der Waals surface area contributed by atoms with Gasteiger partial charge in [0.15, 0.2) is 0 Å². The van der Waals surface area contributed by atoms with Crippen LogP contribution >= 0.6 is 23.4 Å². The first-order chi connectivity index (χ1) is 9.21. The van der Waals surface area contributed by atoms with E-state index in [0.717, 1.165) is 29.2 Å². The molecule has 1 heterocycles. The van der Waals surface area contributed by atoms with E-state index in [-0.39, 0.29) is 0 Å². The molecule has 0 fully saturated rings. The highest BCUT2D eigenvalue weighted by molar-refractivity contribution is 7.99. The summed E-state index contributed by atoms with van der Waals surface area (Å²) in [6, 6.07) is 6.04. The van der Waals surface area contributed by atoms with Crippen molar-refractivity contribution < 1.29 is 4.74 Å². The number of para-hydroxylation sites is 1. The summed E-state index contributed by atoms with van der Waals surface area (Å²) < 4.78 is 7.84. The molecule has 0 aliphatic carbocycles. The minimum absolute atomic E-state index is 0.418. The van der Waals surface area contributed by atoms with Gasteiger partial charge in [0.1, 0.15) is 17.1 Å². The molecule has 0 amide bonds. The number of imidazole rings is 1. The summed E-state index contributed by atoms with van der Waals surface area (Å²) in [5.74, 6) is 2.16. The average molecular weight is 299 g/mol. The Kier molecular flexibility index (Phi) is 4.99. The molecule has 104 valence electrons. The predicted octanol–water partition coefficient (Wildman–Crippen LogP) is 3.93. The van der Waals surface area contributed by atoms with Crippen LogP contribution in [0.2, 0.25) is 0 Å². The molecular weight excluding hydrogens is 280 g/mol. The Bertz CT molecular complexity index is 556. The molecule has 0 saturated carbocycles. The second-order valence-corrected chi connectivity index (χ2v) is 5.92. The molecule has 0 saturated heterocycles. The van der Waals surface area contributed by atoms with Crippen LogP contribution in [0.3, 0.4) is 0 Å². The van der Waals surface area contributed by atoms with Crippen LogP contribution < -0.4 is 4.74 Å². The summed E-state index contributed by atoms with van der Waals surface area (Å²) in [5, 5.41) is 0.523. The van der Waals surface area contributed by atoms with Crippen molar-refractivity contribution in [1.82, 2.24) is 9.55 Å². The van der Waals surface area contributed by atoms with Gasteiger partial charge in [-0.3, -0.25) is 0 Å². The van der Waals surface area contributed by atoms with Crippen molar-refractivity contribution in [3.63, 3.8) is 0 Å². The number of nitrogens with zero attached hydrogens (tertiary/aromatic N) is 2. The summed E-state index contributed by atoms with van der Waals surface area (Å²) in [6.07, 6.45) is 2.12. The second kappa shape index (κ2) is 6.53. The van der Waals surface area contributed by atoms with Crippen molar-refractivity contribution in [2.75, 3.05) is 12.9 Å². The van der Waals surface area contributed by atoms with Crippen LogP contribution in [0.15, 0.2) is 18.2 Å². The quantitative estimate of drug-likeness (QED) is 0.756. The Morgan fingerprint density at radius 2 is 2.26 bits per heavy atom. The topological polar surface area (TPSA) is 27.1 Å². The molecule has 0 aliphatic heterocycles. The van der Waals surface area contributed by atoms with E-state index in [0.29, 0.717) is 17.7 Å². The van der Waals surface area contributed by atoms with Crippen molar-refractivity contribution >= 4 is 34.4 Å². The van der Waals surface area contributed by atoms with Crippen LogP contribution in [0.5, 0.6) is 5.75 Å². The first kappa shape index (κ1) is 14.5. The molecule has 2 rings (SSSR count). The zero-order chi connectivity index (χ0) is 13.8. The molecule has 2 aromatic rings. The number of benzene rings is 1. The van der Waals surface area contributed by atoms with Gasteiger partial charge in [-0.2, -0.15) is 11.8 Å². The molecule has 0 N–H and O–H groups in total. The zero-order valence-corrected chi connectivity index (χ0v) is 13.1. The minimum atomic E-state index is 0.418. The fraction of sp³-hybridized carbons (Fsp3) is 0.500. The van der Waals surface area contributed by atoms with Gasteiger partial charge >= 0.3 is 0 Å². The molecule has 3 nitrogen and oxygen atoms in total. The maximum absolute atomic E-state index is 6.03. The number of hydrogen-bond acceptors (Lipinski definition) is 3. The summed E-state index contributed by atoms with van der Waals surface area (Å²) in [6.45, 7) is 5.74. The second-order valence-electron chi connectivity index (χ2n) is 4.38. The van der Waals surface area contributed by atoms with Crippen molar-refractivity contribution in [3.05, 3.63) is 24.0 Å². The van der Waals surface area contributed by atoms with E-state index >= 15 is 0 Å². The fourth-order valence-corrected chi connectivity index (χ4v) is 2.58. The summed E-state index contributed by atoms with van der Waals surface area (Å²) in [4.78, 5) is 4.63. The number of rotatable bonds is 6. The molecular formula is C14H19ClN2OS. The van der Waals surface area contributed by atoms with Crippen LogP contribution in [0.4, 0.5) is 0 Å². The molecule has 19 heavy (non-hydrogen) atoms. The predicted molar refractivity (Wildman–Crippen MR) is 83.4 cm³/mol. The first-order valence-corrected chi connectivity index (χ1v) is 8.23. The van der Waals surface area contributed by atoms with Gasteiger partial charge in [0, 0.05) is 11.8 Å². The number of aromatic nitrogens is 2. The molecule has 0 aliphatic rings. The zero-order valence-electron chi connectivity index (χ0n) is 11.5. The average Bonchev–Trinajstić information content (AvgIpc) is 2.78. The summed E-state index contributed by atoms with van der Waals surface area (Å²) in [7, 11) is 0. The van der Waals surface area contributed by atoms with Crippen molar-refractivity contribution in [1.29, 1.82) is 0 Å². The molecule has 1 atom stereocenters. The lowest BCUT2D eigenvalue weighted by Crippen LogP contribution is -2.11. The maximum Gasteiger partial charge on any atom is 0.147 e. The molecule has 0 bridgehead atoms. The third-order valence-electron chi connectivity index (χ3n) is 3.08. The number of halogens is 1. The van der Waals surface area contributed by atoms with Crippen LogP contribution in [0.25, 0.3) is 11.0 Å². The van der Waals surface area contributed by atoms with Gasteiger partial charge in [-0.1, -0.05) is 13.0 Å². The number of hydrogen-bond donors (Lipinski definition) is 0. The van der Waals surface area contributed by atoms with Crippen LogP contribution in [-0.4, -0.2) is 27.7 Å². The lowest BCUT2D eigenvalue weighted by Gasteiger charge is -2.12. The van der Waals surface area contributed by atoms with E-state index in [4.69, 9.17) is 16.3 Å². The molecule has 0 radical (unpaired) electrons. The van der Waals surface area contributed by atoms with Gasteiger partial charge in [0.25, 0.3) is 0 Å². The van der Waals surface area contributed by atoms with E-state index in [1.807, 2.05) is 30.8 Å². The fourth-order valence-electron chi connectivity index (χ4n) is 2.08. The minimum Gasteiger partial charge on any atom is -0.492 e. The number of ether oxygens (including phenoxy) is 1. The van der Waals surface area contributed by atoms with Gasteiger partial charge in [-0.15, -0.1) is 11.6 Å².